The number of carboxylic acids is 1. The molecule has 2 aromatic rings. The summed E-state index contributed by atoms with van der Waals surface area (Å²) in [6.45, 7) is 4.35. The lowest BCUT2D eigenvalue weighted by molar-refractivity contribution is -0.137. The SMILES string of the molecule is O=C(O)CCCNC(=O)N1CCN(Cc2cccc3ccccc23)CC1. The minimum Gasteiger partial charge on any atom is -0.481 e. The Balaban J connectivity index is 1.48. The molecule has 0 aromatic heterocycles. The number of aliphatic carboxylic acids is 1. The molecule has 0 bridgehead atoms. The van der Waals surface area contributed by atoms with Crippen molar-refractivity contribution < 1.29 is 14.7 Å². The Kier molecular flexibility index (Phi) is 6.07. The highest BCUT2D eigenvalue weighted by Crippen LogP contribution is 2.20. The highest BCUT2D eigenvalue weighted by Gasteiger charge is 2.21. The zero-order valence-corrected chi connectivity index (χ0v) is 14.9. The topological polar surface area (TPSA) is 72.9 Å². The minimum atomic E-state index is -0.832. The predicted octanol–water partition coefficient (Wildman–Crippen LogP) is 2.53. The average Bonchev–Trinajstić information content (AvgIpc) is 2.66. The first-order valence-electron chi connectivity index (χ1n) is 9.07. The van der Waals surface area contributed by atoms with Crippen molar-refractivity contribution in [2.75, 3.05) is 32.7 Å². The summed E-state index contributed by atoms with van der Waals surface area (Å²) < 4.78 is 0. The van der Waals surface area contributed by atoms with Gasteiger partial charge in [0.05, 0.1) is 0 Å². The van der Waals surface area contributed by atoms with Gasteiger partial charge in [-0.05, 0) is 22.8 Å². The second-order valence-corrected chi connectivity index (χ2v) is 6.63. The third-order valence-electron chi connectivity index (χ3n) is 4.78. The van der Waals surface area contributed by atoms with Crippen molar-refractivity contribution in [2.24, 2.45) is 0 Å². The van der Waals surface area contributed by atoms with Gasteiger partial charge in [0.25, 0.3) is 0 Å². The molecule has 2 amide bonds. The first kappa shape index (κ1) is 18.2. The molecule has 1 aliphatic rings. The molecule has 0 aliphatic carbocycles. The first-order valence-corrected chi connectivity index (χ1v) is 9.07. The number of fused-ring (bicyclic) bond motifs is 1. The maximum atomic E-state index is 12.1. The zero-order valence-electron chi connectivity index (χ0n) is 14.9. The number of hydrogen-bond acceptors (Lipinski definition) is 3. The van der Waals surface area contributed by atoms with Gasteiger partial charge in [0.1, 0.15) is 0 Å². The Morgan fingerprint density at radius 1 is 1.00 bits per heavy atom. The number of amides is 2. The summed E-state index contributed by atoms with van der Waals surface area (Å²) in [5.41, 5.74) is 1.31. The van der Waals surface area contributed by atoms with Crippen LogP contribution in [0.3, 0.4) is 0 Å². The van der Waals surface area contributed by atoms with E-state index in [1.54, 1.807) is 4.90 Å². The lowest BCUT2D eigenvalue weighted by Gasteiger charge is -2.34. The number of benzene rings is 2. The Labute approximate surface area is 153 Å². The number of piperazine rings is 1. The van der Waals surface area contributed by atoms with E-state index < -0.39 is 5.97 Å². The summed E-state index contributed by atoms with van der Waals surface area (Å²) in [5.74, 6) is -0.832. The van der Waals surface area contributed by atoms with Crippen molar-refractivity contribution in [1.82, 2.24) is 15.1 Å². The molecule has 2 aromatic carbocycles. The van der Waals surface area contributed by atoms with Crippen molar-refractivity contribution in [2.45, 2.75) is 19.4 Å². The lowest BCUT2D eigenvalue weighted by atomic mass is 10.0. The van der Waals surface area contributed by atoms with Crippen LogP contribution >= 0.6 is 0 Å². The van der Waals surface area contributed by atoms with E-state index in [9.17, 15) is 9.59 Å². The normalized spacial score (nSPS) is 15.2. The Morgan fingerprint density at radius 2 is 1.73 bits per heavy atom. The molecule has 6 nitrogen and oxygen atoms in total. The predicted molar refractivity (Wildman–Crippen MR) is 101 cm³/mol. The highest BCUT2D eigenvalue weighted by molar-refractivity contribution is 5.85. The highest BCUT2D eigenvalue weighted by atomic mass is 16.4. The van der Waals surface area contributed by atoms with Crippen LogP contribution in [0.2, 0.25) is 0 Å². The summed E-state index contributed by atoms with van der Waals surface area (Å²) in [6.07, 6.45) is 0.543. The van der Waals surface area contributed by atoms with Crippen LogP contribution in [-0.2, 0) is 11.3 Å². The van der Waals surface area contributed by atoms with E-state index in [-0.39, 0.29) is 12.5 Å². The van der Waals surface area contributed by atoms with E-state index >= 15 is 0 Å². The van der Waals surface area contributed by atoms with Gasteiger partial charge in [-0.2, -0.15) is 0 Å². The van der Waals surface area contributed by atoms with Gasteiger partial charge in [0.15, 0.2) is 0 Å². The molecular weight excluding hydrogens is 330 g/mol. The molecule has 0 radical (unpaired) electrons. The maximum absolute atomic E-state index is 12.1. The number of urea groups is 1. The van der Waals surface area contributed by atoms with Crippen LogP contribution in [0.4, 0.5) is 4.79 Å². The third-order valence-corrected chi connectivity index (χ3v) is 4.78. The molecule has 2 N–H and O–H groups in total. The van der Waals surface area contributed by atoms with Gasteiger partial charge in [0.2, 0.25) is 0 Å². The number of rotatable bonds is 6. The quantitative estimate of drug-likeness (QED) is 0.781. The molecule has 0 unspecified atom stereocenters. The molecular formula is C20H25N3O3. The lowest BCUT2D eigenvalue weighted by Crippen LogP contribution is -2.51. The summed E-state index contributed by atoms with van der Waals surface area (Å²) in [6, 6.07) is 14.7. The number of carbonyl (C=O) groups is 2. The summed E-state index contributed by atoms with van der Waals surface area (Å²) in [4.78, 5) is 26.8. The monoisotopic (exact) mass is 355 g/mol. The Morgan fingerprint density at radius 3 is 2.50 bits per heavy atom. The van der Waals surface area contributed by atoms with E-state index in [4.69, 9.17) is 5.11 Å². The number of carbonyl (C=O) groups excluding carboxylic acids is 1. The van der Waals surface area contributed by atoms with Crippen LogP contribution in [0.1, 0.15) is 18.4 Å². The first-order chi connectivity index (χ1) is 12.6. The fourth-order valence-electron chi connectivity index (χ4n) is 3.33. The molecule has 138 valence electrons. The van der Waals surface area contributed by atoms with E-state index in [0.717, 1.165) is 19.6 Å². The van der Waals surface area contributed by atoms with Crippen molar-refractivity contribution >= 4 is 22.8 Å². The van der Waals surface area contributed by atoms with Gasteiger partial charge in [-0.3, -0.25) is 9.69 Å². The number of nitrogens with one attached hydrogen (secondary N) is 1. The molecule has 1 heterocycles. The summed E-state index contributed by atoms with van der Waals surface area (Å²) in [7, 11) is 0. The van der Waals surface area contributed by atoms with Crippen LogP contribution in [0, 0.1) is 0 Å². The number of carboxylic acid groups (broad SMARTS) is 1. The smallest absolute Gasteiger partial charge is 0.317 e. The van der Waals surface area contributed by atoms with Crippen molar-refractivity contribution in [3.05, 3.63) is 48.0 Å². The molecule has 0 atom stereocenters. The average molecular weight is 355 g/mol. The maximum Gasteiger partial charge on any atom is 0.317 e. The number of hydrogen-bond donors (Lipinski definition) is 2. The van der Waals surface area contributed by atoms with Gasteiger partial charge in [-0.25, -0.2) is 4.79 Å². The van der Waals surface area contributed by atoms with Crippen LogP contribution in [-0.4, -0.2) is 59.6 Å². The van der Waals surface area contributed by atoms with E-state index in [1.807, 2.05) is 0 Å². The van der Waals surface area contributed by atoms with Gasteiger partial charge >= 0.3 is 12.0 Å². The largest absolute Gasteiger partial charge is 0.481 e. The van der Waals surface area contributed by atoms with E-state index in [0.29, 0.717) is 26.1 Å². The van der Waals surface area contributed by atoms with Crippen LogP contribution in [0.5, 0.6) is 0 Å². The number of nitrogens with zero attached hydrogens (tertiary/aromatic N) is 2. The van der Waals surface area contributed by atoms with Crippen molar-refractivity contribution in [3.8, 4) is 0 Å². The third kappa shape index (κ3) is 4.73. The molecule has 26 heavy (non-hydrogen) atoms. The molecule has 0 saturated carbocycles. The van der Waals surface area contributed by atoms with Crippen molar-refractivity contribution in [1.29, 1.82) is 0 Å². The van der Waals surface area contributed by atoms with Crippen LogP contribution in [0.25, 0.3) is 10.8 Å². The standard InChI is InChI=1S/C20H25N3O3/c24-19(25)9-4-10-21-20(26)23-13-11-22(12-14-23)15-17-7-3-6-16-5-1-2-8-18(16)17/h1-3,5-8H,4,9-15H2,(H,21,26)(H,24,25). The molecule has 3 rings (SSSR count). The van der Waals surface area contributed by atoms with Crippen LogP contribution < -0.4 is 5.32 Å². The van der Waals surface area contributed by atoms with Gasteiger partial charge < -0.3 is 15.3 Å². The molecule has 1 fully saturated rings. The molecule has 1 aliphatic heterocycles. The second-order valence-electron chi connectivity index (χ2n) is 6.63. The summed E-state index contributed by atoms with van der Waals surface area (Å²) in [5, 5.41) is 14.0. The van der Waals surface area contributed by atoms with Gasteiger partial charge in [-0.15, -0.1) is 0 Å². The molecule has 1 saturated heterocycles. The van der Waals surface area contributed by atoms with E-state index in [1.165, 1.54) is 16.3 Å². The molecule has 0 spiro atoms. The fraction of sp³-hybridized carbons (Fsp3) is 0.400. The van der Waals surface area contributed by atoms with Gasteiger partial charge in [-0.1, -0.05) is 42.5 Å². The van der Waals surface area contributed by atoms with E-state index in [2.05, 4.69) is 52.7 Å². The molecule has 6 heteroatoms. The van der Waals surface area contributed by atoms with Crippen molar-refractivity contribution in [3.63, 3.8) is 0 Å². The fourth-order valence-corrected chi connectivity index (χ4v) is 3.33. The van der Waals surface area contributed by atoms with Gasteiger partial charge in [0, 0.05) is 45.7 Å². The second kappa shape index (κ2) is 8.67. The van der Waals surface area contributed by atoms with Crippen LogP contribution in [0.15, 0.2) is 42.5 Å². The minimum absolute atomic E-state index is 0.0824. The zero-order chi connectivity index (χ0) is 18.4. The Bertz CT molecular complexity index is 764. The Hall–Kier alpha value is -2.60. The summed E-state index contributed by atoms with van der Waals surface area (Å²) >= 11 is 0.